The minimum atomic E-state index is -0.382. The average molecular weight is 277 g/mol. The first-order valence-corrected chi connectivity index (χ1v) is 5.96. The van der Waals surface area contributed by atoms with E-state index >= 15 is 0 Å². The predicted molar refractivity (Wildman–Crippen MR) is 75.2 cm³/mol. The monoisotopic (exact) mass is 276 g/mol. The molecular weight excluding hydrogens is 267 g/mol. The SMILES string of the molecule is Nc1cc2cn[nH]c2cc1Nc1ccc(F)cc1Cl. The maximum Gasteiger partial charge on any atom is 0.124 e. The van der Waals surface area contributed by atoms with E-state index < -0.39 is 0 Å². The van der Waals surface area contributed by atoms with Crippen LogP contribution in [0.2, 0.25) is 5.02 Å². The molecular formula is C13H10ClFN4. The number of rotatable bonds is 2. The Labute approximate surface area is 113 Å². The molecule has 3 rings (SSSR count). The molecule has 3 aromatic rings. The standard InChI is InChI=1S/C13H10ClFN4/c14-9-4-8(15)1-2-11(9)18-13-5-12-7(3-10(13)16)6-17-19-12/h1-6,18H,16H2,(H,17,19). The Morgan fingerprint density at radius 3 is 2.84 bits per heavy atom. The summed E-state index contributed by atoms with van der Waals surface area (Å²) < 4.78 is 13.0. The molecule has 19 heavy (non-hydrogen) atoms. The Kier molecular flexibility index (Phi) is 2.76. The van der Waals surface area contributed by atoms with Crippen molar-refractivity contribution < 1.29 is 4.39 Å². The molecule has 96 valence electrons. The van der Waals surface area contributed by atoms with Crippen LogP contribution in [0.5, 0.6) is 0 Å². The predicted octanol–water partition coefficient (Wildman–Crippen LogP) is 3.68. The van der Waals surface area contributed by atoms with Crippen molar-refractivity contribution in [1.29, 1.82) is 0 Å². The van der Waals surface area contributed by atoms with Crippen molar-refractivity contribution in [3.05, 3.63) is 47.4 Å². The van der Waals surface area contributed by atoms with E-state index in [1.165, 1.54) is 12.1 Å². The highest BCUT2D eigenvalue weighted by Gasteiger charge is 2.07. The Bertz CT molecular complexity index is 753. The van der Waals surface area contributed by atoms with E-state index in [2.05, 4.69) is 15.5 Å². The maximum absolute atomic E-state index is 13.0. The summed E-state index contributed by atoms with van der Waals surface area (Å²) in [6.45, 7) is 0. The molecule has 1 heterocycles. The van der Waals surface area contributed by atoms with Gasteiger partial charge in [0.15, 0.2) is 0 Å². The number of anilines is 3. The molecule has 4 N–H and O–H groups in total. The van der Waals surface area contributed by atoms with Gasteiger partial charge in [-0.1, -0.05) is 11.6 Å². The Morgan fingerprint density at radius 1 is 1.21 bits per heavy atom. The van der Waals surface area contributed by atoms with E-state index in [9.17, 15) is 4.39 Å². The minimum Gasteiger partial charge on any atom is -0.397 e. The lowest BCUT2D eigenvalue weighted by Gasteiger charge is -2.11. The van der Waals surface area contributed by atoms with Gasteiger partial charge in [-0.2, -0.15) is 5.10 Å². The molecule has 0 unspecified atom stereocenters. The molecule has 0 aliphatic heterocycles. The average Bonchev–Trinajstić information content (AvgIpc) is 2.80. The van der Waals surface area contributed by atoms with E-state index in [0.29, 0.717) is 22.1 Å². The molecule has 1 aromatic heterocycles. The van der Waals surface area contributed by atoms with Gasteiger partial charge in [-0.15, -0.1) is 0 Å². The number of benzene rings is 2. The minimum absolute atomic E-state index is 0.295. The van der Waals surface area contributed by atoms with Crippen molar-refractivity contribution in [2.24, 2.45) is 0 Å². The smallest absolute Gasteiger partial charge is 0.124 e. The zero-order chi connectivity index (χ0) is 13.4. The van der Waals surface area contributed by atoms with Crippen molar-refractivity contribution >= 4 is 39.6 Å². The van der Waals surface area contributed by atoms with Gasteiger partial charge in [0.2, 0.25) is 0 Å². The third-order valence-electron chi connectivity index (χ3n) is 2.81. The van der Waals surface area contributed by atoms with Crippen molar-refractivity contribution in [2.75, 3.05) is 11.1 Å². The Hall–Kier alpha value is -2.27. The van der Waals surface area contributed by atoms with Crippen LogP contribution in [-0.4, -0.2) is 10.2 Å². The zero-order valence-electron chi connectivity index (χ0n) is 9.74. The number of halogens is 2. The van der Waals surface area contributed by atoms with Crippen LogP contribution in [0.4, 0.5) is 21.5 Å². The summed E-state index contributed by atoms with van der Waals surface area (Å²) in [6.07, 6.45) is 1.69. The van der Waals surface area contributed by atoms with Crippen molar-refractivity contribution in [1.82, 2.24) is 10.2 Å². The molecule has 0 fully saturated rings. The number of nitrogens with two attached hydrogens (primary N) is 1. The first kappa shape index (κ1) is 11.8. The van der Waals surface area contributed by atoms with Crippen molar-refractivity contribution in [3.63, 3.8) is 0 Å². The molecule has 0 atom stereocenters. The number of aromatic amines is 1. The van der Waals surface area contributed by atoms with Crippen LogP contribution in [0.25, 0.3) is 10.9 Å². The van der Waals surface area contributed by atoms with Gasteiger partial charge in [0.1, 0.15) is 5.82 Å². The summed E-state index contributed by atoms with van der Waals surface area (Å²) >= 11 is 5.97. The fourth-order valence-corrected chi connectivity index (χ4v) is 2.07. The summed E-state index contributed by atoms with van der Waals surface area (Å²) in [7, 11) is 0. The highest BCUT2D eigenvalue weighted by atomic mass is 35.5. The topological polar surface area (TPSA) is 66.7 Å². The molecule has 4 nitrogen and oxygen atoms in total. The van der Waals surface area contributed by atoms with E-state index in [1.54, 1.807) is 18.3 Å². The van der Waals surface area contributed by atoms with Crippen molar-refractivity contribution in [2.45, 2.75) is 0 Å². The van der Waals surface area contributed by atoms with Crippen LogP contribution in [0.15, 0.2) is 36.5 Å². The summed E-state index contributed by atoms with van der Waals surface area (Å²) in [6, 6.07) is 7.78. The van der Waals surface area contributed by atoms with Gasteiger partial charge in [-0.05, 0) is 30.3 Å². The summed E-state index contributed by atoms with van der Waals surface area (Å²) in [4.78, 5) is 0. The van der Waals surface area contributed by atoms with Crippen LogP contribution in [0.1, 0.15) is 0 Å². The number of hydrogen-bond acceptors (Lipinski definition) is 3. The van der Waals surface area contributed by atoms with E-state index in [-0.39, 0.29) is 5.82 Å². The molecule has 0 saturated carbocycles. The number of aromatic nitrogens is 2. The largest absolute Gasteiger partial charge is 0.397 e. The summed E-state index contributed by atoms with van der Waals surface area (Å²) in [5.41, 5.74) is 8.65. The van der Waals surface area contributed by atoms with E-state index in [1.807, 2.05) is 6.07 Å². The lowest BCUT2D eigenvalue weighted by atomic mass is 10.2. The number of hydrogen-bond donors (Lipinski definition) is 3. The highest BCUT2D eigenvalue weighted by Crippen LogP contribution is 2.31. The first-order chi connectivity index (χ1) is 9.13. The Morgan fingerprint density at radius 2 is 2.05 bits per heavy atom. The van der Waals surface area contributed by atoms with Gasteiger partial charge in [-0.3, -0.25) is 5.10 Å². The number of nitrogens with one attached hydrogen (secondary N) is 2. The van der Waals surface area contributed by atoms with E-state index in [0.717, 1.165) is 10.9 Å². The summed E-state index contributed by atoms with van der Waals surface area (Å²) in [5, 5.41) is 11.1. The van der Waals surface area contributed by atoms with Gasteiger partial charge in [-0.25, -0.2) is 4.39 Å². The van der Waals surface area contributed by atoms with Gasteiger partial charge in [0.25, 0.3) is 0 Å². The Balaban J connectivity index is 2.02. The van der Waals surface area contributed by atoms with Crippen LogP contribution < -0.4 is 11.1 Å². The molecule has 0 saturated heterocycles. The highest BCUT2D eigenvalue weighted by molar-refractivity contribution is 6.33. The molecule has 0 aliphatic rings. The number of fused-ring (bicyclic) bond motifs is 1. The molecule has 0 bridgehead atoms. The van der Waals surface area contributed by atoms with Crippen molar-refractivity contribution in [3.8, 4) is 0 Å². The normalized spacial score (nSPS) is 10.8. The number of H-pyrrole nitrogens is 1. The second-order valence-corrected chi connectivity index (χ2v) is 4.55. The van der Waals surface area contributed by atoms with Gasteiger partial charge < -0.3 is 11.1 Å². The van der Waals surface area contributed by atoms with Crippen LogP contribution in [0, 0.1) is 5.82 Å². The molecule has 0 amide bonds. The molecule has 0 radical (unpaired) electrons. The first-order valence-electron chi connectivity index (χ1n) is 5.58. The van der Waals surface area contributed by atoms with Gasteiger partial charge >= 0.3 is 0 Å². The lowest BCUT2D eigenvalue weighted by molar-refractivity contribution is 0.628. The summed E-state index contributed by atoms with van der Waals surface area (Å²) in [5.74, 6) is -0.382. The van der Waals surface area contributed by atoms with E-state index in [4.69, 9.17) is 17.3 Å². The fourth-order valence-electron chi connectivity index (χ4n) is 1.85. The second-order valence-electron chi connectivity index (χ2n) is 4.15. The molecule has 0 aliphatic carbocycles. The van der Waals surface area contributed by atoms with Crippen LogP contribution in [-0.2, 0) is 0 Å². The van der Waals surface area contributed by atoms with Crippen LogP contribution in [0.3, 0.4) is 0 Å². The quantitative estimate of drug-likeness (QED) is 0.626. The second kappa shape index (κ2) is 4.44. The van der Waals surface area contributed by atoms with Gasteiger partial charge in [0.05, 0.1) is 33.8 Å². The zero-order valence-corrected chi connectivity index (χ0v) is 10.5. The third kappa shape index (κ3) is 2.20. The van der Waals surface area contributed by atoms with Gasteiger partial charge in [0, 0.05) is 5.39 Å². The lowest BCUT2D eigenvalue weighted by Crippen LogP contribution is -1.97. The molecule has 2 aromatic carbocycles. The number of nitrogen functional groups attached to an aromatic ring is 1. The third-order valence-corrected chi connectivity index (χ3v) is 3.12. The van der Waals surface area contributed by atoms with Crippen LogP contribution >= 0.6 is 11.6 Å². The maximum atomic E-state index is 13.0. The number of nitrogens with zero attached hydrogens (tertiary/aromatic N) is 1. The fraction of sp³-hybridized carbons (Fsp3) is 0. The molecule has 0 spiro atoms. The molecule has 6 heteroatoms.